The highest BCUT2D eigenvalue weighted by Crippen LogP contribution is 2.21. The van der Waals surface area contributed by atoms with Gasteiger partial charge >= 0.3 is 0 Å². The molecule has 0 aliphatic carbocycles. The average Bonchev–Trinajstić information content (AvgIpc) is 2.55. The summed E-state index contributed by atoms with van der Waals surface area (Å²) in [5.74, 6) is 0.776. The molecule has 0 amide bonds. The van der Waals surface area contributed by atoms with Crippen LogP contribution in [0.25, 0.3) is 0 Å². The Morgan fingerprint density at radius 2 is 1.71 bits per heavy atom. The van der Waals surface area contributed by atoms with Crippen LogP contribution in [0.3, 0.4) is 0 Å². The van der Waals surface area contributed by atoms with Gasteiger partial charge in [-0.3, -0.25) is 0 Å². The minimum absolute atomic E-state index is 0.475. The normalized spacial score (nSPS) is 15.3. The monoisotopic (exact) mass is 303 g/mol. The Labute approximate surface area is 129 Å². The molecule has 0 atom stereocenters. The fraction of sp³-hybridized carbons (Fsp3) is 0.333. The first-order valence-electron chi connectivity index (χ1n) is 7.03. The number of halogens is 1. The van der Waals surface area contributed by atoms with Gasteiger partial charge in [-0.05, 0) is 18.2 Å². The van der Waals surface area contributed by atoms with Crippen LogP contribution in [0.5, 0.6) is 0 Å². The Morgan fingerprint density at radius 1 is 1.05 bits per heavy atom. The van der Waals surface area contributed by atoms with Crippen LogP contribution in [0, 0.1) is 0 Å². The number of nitrogens with two attached hydrogens (primary N) is 1. The van der Waals surface area contributed by atoms with Crippen LogP contribution >= 0.6 is 11.6 Å². The topological polar surface area (TPSA) is 58.3 Å². The third kappa shape index (κ3) is 3.25. The number of aromatic nitrogens is 2. The van der Waals surface area contributed by atoms with Crippen molar-refractivity contribution in [3.8, 4) is 0 Å². The van der Waals surface area contributed by atoms with Gasteiger partial charge in [-0.25, -0.2) is 9.97 Å². The molecule has 1 fully saturated rings. The van der Waals surface area contributed by atoms with Crippen molar-refractivity contribution in [1.82, 2.24) is 9.97 Å². The molecule has 0 bridgehead atoms. The lowest BCUT2D eigenvalue weighted by atomic mass is 10.2. The fourth-order valence-electron chi connectivity index (χ4n) is 2.45. The quantitative estimate of drug-likeness (QED) is 0.939. The third-order valence-corrected chi connectivity index (χ3v) is 3.90. The molecular weight excluding hydrogens is 286 g/mol. The molecule has 110 valence electrons. The average molecular weight is 304 g/mol. The summed E-state index contributed by atoms with van der Waals surface area (Å²) in [5.41, 5.74) is 7.69. The number of piperazine rings is 1. The maximum Gasteiger partial charge on any atom is 0.225 e. The largest absolute Gasteiger partial charge is 0.368 e. The van der Waals surface area contributed by atoms with Gasteiger partial charge in [0.2, 0.25) is 5.95 Å². The van der Waals surface area contributed by atoms with Crippen molar-refractivity contribution in [3.05, 3.63) is 47.2 Å². The second-order valence-corrected chi connectivity index (χ2v) is 5.49. The Hall–Kier alpha value is -1.85. The second kappa shape index (κ2) is 6.28. The van der Waals surface area contributed by atoms with Crippen molar-refractivity contribution >= 4 is 23.2 Å². The van der Waals surface area contributed by atoms with Crippen molar-refractivity contribution in [3.63, 3.8) is 0 Å². The molecule has 1 aliphatic heterocycles. The van der Waals surface area contributed by atoms with Crippen LogP contribution in [0.15, 0.2) is 36.7 Å². The van der Waals surface area contributed by atoms with Gasteiger partial charge in [0.1, 0.15) is 0 Å². The van der Waals surface area contributed by atoms with Gasteiger partial charge < -0.3 is 15.5 Å². The molecule has 1 aromatic heterocycles. The van der Waals surface area contributed by atoms with Gasteiger partial charge in [-0.15, -0.1) is 0 Å². The molecule has 21 heavy (non-hydrogen) atoms. The van der Waals surface area contributed by atoms with Gasteiger partial charge in [-0.2, -0.15) is 0 Å². The third-order valence-electron chi connectivity index (χ3n) is 3.66. The zero-order valence-corrected chi connectivity index (χ0v) is 12.5. The lowest BCUT2D eigenvalue weighted by molar-refractivity contribution is 0.639. The summed E-state index contributed by atoms with van der Waals surface area (Å²) in [4.78, 5) is 13.3. The molecule has 1 aliphatic rings. The van der Waals surface area contributed by atoms with Crippen LogP contribution in [-0.4, -0.2) is 36.1 Å². The van der Waals surface area contributed by atoms with Crippen molar-refractivity contribution < 1.29 is 0 Å². The summed E-state index contributed by atoms with van der Waals surface area (Å²) >= 11 is 6.05. The van der Waals surface area contributed by atoms with E-state index in [1.807, 2.05) is 18.2 Å². The molecule has 2 N–H and O–H groups in total. The summed E-state index contributed by atoms with van der Waals surface area (Å²) in [5, 5.41) is 0.774. The van der Waals surface area contributed by atoms with E-state index >= 15 is 0 Å². The van der Waals surface area contributed by atoms with Crippen LogP contribution in [-0.2, 0) is 6.54 Å². The number of nitrogens with zero attached hydrogens (tertiary/aromatic N) is 4. The van der Waals surface area contributed by atoms with E-state index in [-0.39, 0.29) is 0 Å². The number of rotatable bonds is 3. The zero-order chi connectivity index (χ0) is 14.7. The SMILES string of the molecule is NCc1cnc(N2CCN(c3cccc(Cl)c3)CC2)nc1. The van der Waals surface area contributed by atoms with Gasteiger partial charge in [-0.1, -0.05) is 17.7 Å². The van der Waals surface area contributed by atoms with Crippen LogP contribution in [0.1, 0.15) is 5.56 Å². The highest BCUT2D eigenvalue weighted by molar-refractivity contribution is 6.30. The molecule has 1 aromatic carbocycles. The van der Waals surface area contributed by atoms with Crippen LogP contribution in [0.2, 0.25) is 5.02 Å². The van der Waals surface area contributed by atoms with Crippen molar-refractivity contribution in [2.24, 2.45) is 5.73 Å². The summed E-state index contributed by atoms with van der Waals surface area (Å²) in [6, 6.07) is 7.98. The smallest absolute Gasteiger partial charge is 0.225 e. The maximum atomic E-state index is 6.05. The predicted octanol–water partition coefficient (Wildman–Crippen LogP) is 1.92. The van der Waals surface area contributed by atoms with E-state index in [1.54, 1.807) is 12.4 Å². The molecule has 0 radical (unpaired) electrons. The first-order chi connectivity index (χ1) is 10.3. The minimum Gasteiger partial charge on any atom is -0.368 e. The van der Waals surface area contributed by atoms with Gasteiger partial charge in [0.05, 0.1) is 0 Å². The summed E-state index contributed by atoms with van der Waals surface area (Å²) < 4.78 is 0. The van der Waals surface area contributed by atoms with Crippen molar-refractivity contribution in [2.45, 2.75) is 6.54 Å². The standard InChI is InChI=1S/C15H18ClN5/c16-13-2-1-3-14(8-13)20-4-6-21(7-5-20)15-18-10-12(9-17)11-19-15/h1-3,8,10-11H,4-7,9,17H2. The Balaban J connectivity index is 1.64. The molecular formula is C15H18ClN5. The number of hydrogen-bond acceptors (Lipinski definition) is 5. The van der Waals surface area contributed by atoms with E-state index < -0.39 is 0 Å². The van der Waals surface area contributed by atoms with Crippen molar-refractivity contribution in [2.75, 3.05) is 36.0 Å². The Bertz CT molecular complexity index is 593. The highest BCUT2D eigenvalue weighted by atomic mass is 35.5. The fourth-order valence-corrected chi connectivity index (χ4v) is 2.64. The summed E-state index contributed by atoms with van der Waals surface area (Å²) in [6.45, 7) is 4.14. The molecule has 2 aromatic rings. The molecule has 1 saturated heterocycles. The Kier molecular flexibility index (Phi) is 4.22. The Morgan fingerprint density at radius 3 is 2.33 bits per heavy atom. The highest BCUT2D eigenvalue weighted by Gasteiger charge is 2.19. The zero-order valence-electron chi connectivity index (χ0n) is 11.7. The summed E-state index contributed by atoms with van der Waals surface area (Å²) in [6.07, 6.45) is 3.59. The van der Waals surface area contributed by atoms with Crippen LogP contribution in [0.4, 0.5) is 11.6 Å². The molecule has 5 nitrogen and oxygen atoms in total. The maximum absolute atomic E-state index is 6.05. The second-order valence-electron chi connectivity index (χ2n) is 5.05. The van der Waals surface area contributed by atoms with Gasteiger partial charge in [0, 0.05) is 61.4 Å². The van der Waals surface area contributed by atoms with E-state index in [4.69, 9.17) is 17.3 Å². The van der Waals surface area contributed by atoms with Gasteiger partial charge in [0.25, 0.3) is 0 Å². The number of benzene rings is 1. The summed E-state index contributed by atoms with van der Waals surface area (Å²) in [7, 11) is 0. The first kappa shape index (κ1) is 14.1. The molecule has 3 rings (SSSR count). The van der Waals surface area contributed by atoms with E-state index in [0.29, 0.717) is 6.54 Å². The lowest BCUT2D eigenvalue weighted by Crippen LogP contribution is -2.47. The molecule has 6 heteroatoms. The van der Waals surface area contributed by atoms with E-state index in [1.165, 1.54) is 5.69 Å². The molecule has 2 heterocycles. The van der Waals surface area contributed by atoms with Crippen molar-refractivity contribution in [1.29, 1.82) is 0 Å². The predicted molar refractivity (Wildman–Crippen MR) is 85.8 cm³/mol. The van der Waals surface area contributed by atoms with Gasteiger partial charge in [0.15, 0.2) is 0 Å². The van der Waals surface area contributed by atoms with E-state index in [2.05, 4.69) is 25.8 Å². The first-order valence-corrected chi connectivity index (χ1v) is 7.40. The molecule has 0 unspecified atom stereocenters. The molecule has 0 spiro atoms. The number of hydrogen-bond donors (Lipinski definition) is 1. The molecule has 0 saturated carbocycles. The minimum atomic E-state index is 0.475. The van der Waals surface area contributed by atoms with E-state index in [0.717, 1.165) is 42.7 Å². The van der Waals surface area contributed by atoms with E-state index in [9.17, 15) is 0 Å². The number of anilines is 2. The van der Waals surface area contributed by atoms with Crippen LogP contribution < -0.4 is 15.5 Å². The lowest BCUT2D eigenvalue weighted by Gasteiger charge is -2.36.